The molecule has 0 heterocycles. The predicted octanol–water partition coefficient (Wildman–Crippen LogP) is 3.85. The van der Waals surface area contributed by atoms with Crippen molar-refractivity contribution in [3.05, 3.63) is 81.8 Å². The largest absolute Gasteiger partial charge is 1.00 e. The Balaban J connectivity index is 0.00000420. The molecule has 1 amide bonds. The van der Waals surface area contributed by atoms with Crippen LogP contribution < -0.4 is 44.7 Å². The van der Waals surface area contributed by atoms with Gasteiger partial charge in [-0.15, -0.1) is 5.11 Å². The van der Waals surface area contributed by atoms with Crippen LogP contribution in [0.1, 0.15) is 22.8 Å². The Labute approximate surface area is 256 Å². The zero-order chi connectivity index (χ0) is 27.6. The maximum absolute atomic E-state index is 13.4. The van der Waals surface area contributed by atoms with E-state index in [0.29, 0.717) is 28.7 Å². The van der Waals surface area contributed by atoms with E-state index in [9.17, 15) is 22.9 Å². The molecule has 0 unspecified atom stereocenters. The molecule has 9 nitrogen and oxygen atoms in total. The van der Waals surface area contributed by atoms with Gasteiger partial charge < -0.3 is 15.2 Å². The van der Waals surface area contributed by atoms with Crippen molar-refractivity contribution in [2.45, 2.75) is 18.7 Å². The molecule has 0 fully saturated rings. The van der Waals surface area contributed by atoms with Crippen molar-refractivity contribution >= 4 is 67.1 Å². The van der Waals surface area contributed by atoms with E-state index in [1.807, 2.05) is 0 Å². The van der Waals surface area contributed by atoms with Crippen LogP contribution in [0.5, 0.6) is 11.5 Å². The summed E-state index contributed by atoms with van der Waals surface area (Å²) in [6, 6.07) is 15.3. The first-order valence-corrected chi connectivity index (χ1v) is 13.4. The second-order valence-electron chi connectivity index (χ2n) is 8.07. The number of halogens is 2. The van der Waals surface area contributed by atoms with Gasteiger partial charge in [-0.05, 0) is 55.1 Å². The van der Waals surface area contributed by atoms with Crippen LogP contribution in [0.15, 0.2) is 75.8 Å². The van der Waals surface area contributed by atoms with Crippen LogP contribution in [0, 0.1) is 6.92 Å². The van der Waals surface area contributed by atoms with E-state index in [0.717, 1.165) is 6.07 Å². The van der Waals surface area contributed by atoms with E-state index in [2.05, 4.69) is 15.5 Å². The number of hydrogen-bond donors (Lipinski definition) is 2. The molecule has 39 heavy (non-hydrogen) atoms. The predicted molar refractivity (Wildman–Crippen MR) is 144 cm³/mol. The molecule has 4 aromatic carbocycles. The SMILES string of the molecule is CCOc1cccc(NC(=O)c2cc3ccccc3c(N=Nc3cc(Cl)c(C)cc3S(=O)(=O)O)c2[O-])c1Cl.[Na+]. The van der Waals surface area contributed by atoms with Crippen molar-refractivity contribution in [3.63, 3.8) is 0 Å². The maximum Gasteiger partial charge on any atom is 1.00 e. The number of nitrogens with zero attached hydrogens (tertiary/aromatic N) is 2. The van der Waals surface area contributed by atoms with Crippen molar-refractivity contribution in [1.82, 2.24) is 0 Å². The van der Waals surface area contributed by atoms with Crippen LogP contribution in [0.2, 0.25) is 10.0 Å². The number of ether oxygens (including phenoxy) is 1. The summed E-state index contributed by atoms with van der Waals surface area (Å²) in [5.74, 6) is -1.13. The quantitative estimate of drug-likeness (QED) is 0.189. The molecule has 0 aliphatic rings. The van der Waals surface area contributed by atoms with E-state index in [1.165, 1.54) is 12.1 Å². The van der Waals surface area contributed by atoms with E-state index < -0.39 is 26.7 Å². The van der Waals surface area contributed by atoms with Crippen molar-refractivity contribution in [2.24, 2.45) is 10.2 Å². The molecule has 0 aliphatic carbocycles. The Kier molecular flexibility index (Phi) is 10.0. The Morgan fingerprint density at radius 3 is 2.49 bits per heavy atom. The van der Waals surface area contributed by atoms with E-state index >= 15 is 0 Å². The molecule has 0 atom stereocenters. The molecule has 0 aliphatic heterocycles. The number of fused-ring (bicyclic) bond motifs is 1. The first kappa shape index (κ1) is 30.8. The van der Waals surface area contributed by atoms with E-state index in [1.54, 1.807) is 56.3 Å². The van der Waals surface area contributed by atoms with E-state index in [-0.39, 0.29) is 62.2 Å². The Morgan fingerprint density at radius 1 is 1.08 bits per heavy atom. The Bertz CT molecular complexity index is 1710. The van der Waals surface area contributed by atoms with E-state index in [4.69, 9.17) is 27.9 Å². The number of aryl methyl sites for hydroxylation is 1. The van der Waals surface area contributed by atoms with Crippen LogP contribution >= 0.6 is 23.2 Å². The second-order valence-corrected chi connectivity index (χ2v) is 10.2. The zero-order valence-corrected chi connectivity index (χ0v) is 25.4. The molecule has 0 saturated carbocycles. The minimum Gasteiger partial charge on any atom is -0.870 e. The van der Waals surface area contributed by atoms with Crippen LogP contribution in [-0.4, -0.2) is 25.5 Å². The smallest absolute Gasteiger partial charge is 0.870 e. The van der Waals surface area contributed by atoms with Crippen LogP contribution in [0.25, 0.3) is 10.8 Å². The molecule has 0 radical (unpaired) electrons. The third-order valence-electron chi connectivity index (χ3n) is 5.51. The number of azo groups is 1. The van der Waals surface area contributed by atoms with Gasteiger partial charge in [-0.1, -0.05) is 59.3 Å². The molecule has 0 bridgehead atoms. The summed E-state index contributed by atoms with van der Waals surface area (Å²) >= 11 is 12.5. The molecular weight excluding hydrogens is 576 g/mol. The van der Waals surface area contributed by atoms with Gasteiger partial charge in [0.15, 0.2) is 0 Å². The first-order valence-electron chi connectivity index (χ1n) is 11.2. The van der Waals surface area contributed by atoms with Gasteiger partial charge in [-0.3, -0.25) is 9.35 Å². The van der Waals surface area contributed by atoms with Gasteiger partial charge in [0.25, 0.3) is 16.0 Å². The minimum absolute atomic E-state index is 0. The van der Waals surface area contributed by atoms with Gasteiger partial charge in [0, 0.05) is 16.0 Å². The fourth-order valence-corrected chi connectivity index (χ4v) is 4.75. The summed E-state index contributed by atoms with van der Waals surface area (Å²) in [5, 5.41) is 25.2. The van der Waals surface area contributed by atoms with Crippen LogP contribution in [0.4, 0.5) is 17.1 Å². The third kappa shape index (κ3) is 6.72. The van der Waals surface area contributed by atoms with Crippen molar-refractivity contribution < 1.29 is 57.2 Å². The first-order chi connectivity index (χ1) is 18.0. The summed E-state index contributed by atoms with van der Waals surface area (Å²) in [6.45, 7) is 3.71. The van der Waals surface area contributed by atoms with Gasteiger partial charge in [0.1, 0.15) is 21.4 Å². The number of hydrogen-bond acceptors (Lipinski definition) is 7. The number of nitrogens with one attached hydrogen (secondary N) is 1. The standard InChI is InChI=1S/C26H21Cl2N3O6S.Na/c1-3-37-21-10-6-9-19(23(21)28)29-26(33)17-12-15-7-4-5-8-16(15)24(25(17)32)31-30-20-13-18(27)14(2)11-22(20)38(34,35)36;/h4-13,32H,3H2,1-2H3,(H,29,33)(H,34,35,36);/q;+1/p-1. The number of carbonyl (C=O) groups excluding carboxylic acids is 1. The third-order valence-corrected chi connectivity index (χ3v) is 7.19. The fraction of sp³-hybridized carbons (Fsp3) is 0.115. The molecule has 0 saturated heterocycles. The van der Waals surface area contributed by atoms with Crippen LogP contribution in [0.3, 0.4) is 0 Å². The van der Waals surface area contributed by atoms with Crippen molar-refractivity contribution in [2.75, 3.05) is 11.9 Å². The normalized spacial score (nSPS) is 11.4. The average Bonchev–Trinajstić information content (AvgIpc) is 2.86. The molecule has 2 N–H and O–H groups in total. The molecule has 13 heteroatoms. The summed E-state index contributed by atoms with van der Waals surface area (Å²) in [4.78, 5) is 12.7. The van der Waals surface area contributed by atoms with Crippen LogP contribution in [-0.2, 0) is 10.1 Å². The number of rotatable bonds is 7. The summed E-state index contributed by atoms with van der Waals surface area (Å²) in [6.07, 6.45) is 0. The molecule has 4 rings (SSSR count). The van der Waals surface area contributed by atoms with Gasteiger partial charge in [-0.25, -0.2) is 0 Å². The fourth-order valence-electron chi connectivity index (χ4n) is 3.67. The van der Waals surface area contributed by atoms with Gasteiger partial charge in [-0.2, -0.15) is 13.5 Å². The summed E-state index contributed by atoms with van der Waals surface area (Å²) in [5.41, 5.74) is -0.0989. The molecular formula is C26H20Cl2N3NaO6S. The number of carbonyl (C=O) groups is 1. The van der Waals surface area contributed by atoms with Crippen molar-refractivity contribution in [1.29, 1.82) is 0 Å². The molecule has 0 spiro atoms. The molecule has 0 aromatic heterocycles. The number of benzene rings is 4. The summed E-state index contributed by atoms with van der Waals surface area (Å²) < 4.78 is 38.9. The number of amides is 1. The molecule has 196 valence electrons. The monoisotopic (exact) mass is 595 g/mol. The topological polar surface area (TPSA) is 140 Å². The minimum atomic E-state index is -4.68. The summed E-state index contributed by atoms with van der Waals surface area (Å²) in [7, 11) is -4.68. The Hall–Kier alpha value is -2.70. The van der Waals surface area contributed by atoms with Crippen molar-refractivity contribution in [3.8, 4) is 11.5 Å². The number of anilines is 1. The maximum atomic E-state index is 13.4. The second kappa shape index (κ2) is 12.6. The molecule has 4 aromatic rings. The zero-order valence-electron chi connectivity index (χ0n) is 21.0. The Morgan fingerprint density at radius 2 is 1.79 bits per heavy atom. The van der Waals surface area contributed by atoms with Gasteiger partial charge in [0.2, 0.25) is 0 Å². The average molecular weight is 596 g/mol. The van der Waals surface area contributed by atoms with Gasteiger partial charge >= 0.3 is 29.6 Å². The van der Waals surface area contributed by atoms with Gasteiger partial charge in [0.05, 0.1) is 18.0 Å².